The summed E-state index contributed by atoms with van der Waals surface area (Å²) in [4.78, 5) is 4.47. The van der Waals surface area contributed by atoms with Gasteiger partial charge < -0.3 is 0 Å². The zero-order chi connectivity index (χ0) is 11.3. The molecule has 4 heteroatoms. The van der Waals surface area contributed by atoms with Crippen LogP contribution in [0.15, 0.2) is 5.38 Å². The van der Waals surface area contributed by atoms with Crippen molar-refractivity contribution in [2.24, 2.45) is 11.8 Å². The van der Waals surface area contributed by atoms with Gasteiger partial charge in [0.25, 0.3) is 0 Å². The second-order valence-electron chi connectivity index (χ2n) is 3.94. The van der Waals surface area contributed by atoms with Crippen LogP contribution in [0.3, 0.4) is 0 Å². The van der Waals surface area contributed by atoms with Crippen molar-refractivity contribution in [3.8, 4) is 0 Å². The number of hydrazine groups is 1. The van der Waals surface area contributed by atoms with Crippen molar-refractivity contribution < 1.29 is 0 Å². The molecule has 0 saturated heterocycles. The lowest BCUT2D eigenvalue weighted by Crippen LogP contribution is -2.42. The van der Waals surface area contributed by atoms with E-state index in [1.165, 1.54) is 5.01 Å². The minimum absolute atomic E-state index is 0.352. The molecule has 15 heavy (non-hydrogen) atoms. The molecule has 3 nitrogen and oxygen atoms in total. The van der Waals surface area contributed by atoms with Crippen molar-refractivity contribution in [3.05, 3.63) is 16.1 Å². The molecule has 0 radical (unpaired) electrons. The van der Waals surface area contributed by atoms with Gasteiger partial charge in [-0.3, -0.25) is 11.3 Å². The van der Waals surface area contributed by atoms with E-state index in [0.29, 0.717) is 12.0 Å². The molecule has 3 N–H and O–H groups in total. The van der Waals surface area contributed by atoms with Crippen LogP contribution in [0, 0.1) is 12.8 Å². The van der Waals surface area contributed by atoms with Gasteiger partial charge in [-0.1, -0.05) is 26.7 Å². The Labute approximate surface area is 96.1 Å². The van der Waals surface area contributed by atoms with Gasteiger partial charge in [-0.05, 0) is 12.8 Å². The average Bonchev–Trinajstić information content (AvgIpc) is 2.64. The van der Waals surface area contributed by atoms with Crippen LogP contribution in [0.25, 0.3) is 0 Å². The van der Waals surface area contributed by atoms with Crippen molar-refractivity contribution >= 4 is 11.3 Å². The monoisotopic (exact) mass is 227 g/mol. The molecule has 0 saturated carbocycles. The van der Waals surface area contributed by atoms with Crippen molar-refractivity contribution in [1.82, 2.24) is 10.4 Å². The first-order valence-corrected chi connectivity index (χ1v) is 6.46. The summed E-state index contributed by atoms with van der Waals surface area (Å²) < 4.78 is 0. The third-order valence-electron chi connectivity index (χ3n) is 2.89. The summed E-state index contributed by atoms with van der Waals surface area (Å²) in [6.07, 6.45) is 3.27. The van der Waals surface area contributed by atoms with Gasteiger partial charge in [0.05, 0.1) is 5.01 Å². The predicted octanol–water partition coefficient (Wildman–Crippen LogP) is 2.26. The molecule has 0 aliphatic rings. The minimum Gasteiger partial charge on any atom is -0.271 e. The van der Waals surface area contributed by atoms with E-state index in [4.69, 9.17) is 5.84 Å². The fourth-order valence-corrected chi connectivity index (χ4v) is 2.74. The summed E-state index contributed by atoms with van der Waals surface area (Å²) in [5.41, 5.74) is 4.04. The van der Waals surface area contributed by atoms with Crippen molar-refractivity contribution in [2.45, 2.75) is 46.1 Å². The normalized spacial score (nSPS) is 13.4. The van der Waals surface area contributed by atoms with E-state index < -0.39 is 0 Å². The maximum Gasteiger partial charge on any atom is 0.0944 e. The zero-order valence-electron chi connectivity index (χ0n) is 9.79. The van der Waals surface area contributed by atoms with E-state index in [-0.39, 0.29) is 0 Å². The standard InChI is InChI=1S/C11H21N3S/c1-4-9(5-2)10(14-12)6-11-13-8(3)7-15-11/h7,9-10,14H,4-6,12H2,1-3H3. The fourth-order valence-electron chi connectivity index (χ4n) is 1.90. The number of rotatable bonds is 6. The first-order chi connectivity index (χ1) is 7.21. The lowest BCUT2D eigenvalue weighted by atomic mass is 9.92. The number of hydrogen-bond donors (Lipinski definition) is 2. The van der Waals surface area contributed by atoms with E-state index in [9.17, 15) is 0 Å². The molecule has 86 valence electrons. The third-order valence-corrected chi connectivity index (χ3v) is 3.88. The van der Waals surface area contributed by atoms with Gasteiger partial charge in [0, 0.05) is 23.5 Å². The molecule has 0 aliphatic heterocycles. The van der Waals surface area contributed by atoms with Crippen molar-refractivity contribution in [3.63, 3.8) is 0 Å². The summed E-state index contributed by atoms with van der Waals surface area (Å²) >= 11 is 1.72. The molecule has 0 bridgehead atoms. The number of thiazole rings is 1. The number of nitrogens with zero attached hydrogens (tertiary/aromatic N) is 1. The number of aryl methyl sites for hydroxylation is 1. The zero-order valence-corrected chi connectivity index (χ0v) is 10.6. The number of nitrogens with one attached hydrogen (secondary N) is 1. The van der Waals surface area contributed by atoms with Crippen LogP contribution < -0.4 is 11.3 Å². The second-order valence-corrected chi connectivity index (χ2v) is 4.88. The summed E-state index contributed by atoms with van der Waals surface area (Å²) in [5, 5.41) is 3.28. The minimum atomic E-state index is 0.352. The molecule has 1 atom stereocenters. The quantitative estimate of drug-likeness (QED) is 0.579. The van der Waals surface area contributed by atoms with E-state index in [1.54, 1.807) is 11.3 Å². The van der Waals surface area contributed by atoms with E-state index in [0.717, 1.165) is 25.0 Å². The van der Waals surface area contributed by atoms with Crippen LogP contribution in [0.4, 0.5) is 0 Å². The predicted molar refractivity (Wildman–Crippen MR) is 65.7 cm³/mol. The first-order valence-electron chi connectivity index (χ1n) is 5.58. The molecule has 1 aromatic heterocycles. The highest BCUT2D eigenvalue weighted by atomic mass is 32.1. The molecule has 0 amide bonds. The van der Waals surface area contributed by atoms with Crippen LogP contribution in [-0.2, 0) is 6.42 Å². The molecule has 0 spiro atoms. The molecule has 1 rings (SSSR count). The Morgan fingerprint density at radius 2 is 2.13 bits per heavy atom. The highest BCUT2D eigenvalue weighted by Gasteiger charge is 2.18. The van der Waals surface area contributed by atoms with Gasteiger partial charge in [-0.15, -0.1) is 11.3 Å². The van der Waals surface area contributed by atoms with Gasteiger partial charge in [-0.2, -0.15) is 0 Å². The topological polar surface area (TPSA) is 50.9 Å². The van der Waals surface area contributed by atoms with Gasteiger partial charge in [0.15, 0.2) is 0 Å². The first kappa shape index (κ1) is 12.6. The third kappa shape index (κ3) is 3.55. The Kier molecular flexibility index (Phi) is 5.22. The largest absolute Gasteiger partial charge is 0.271 e. The summed E-state index contributed by atoms with van der Waals surface area (Å²) in [5.74, 6) is 6.24. The van der Waals surface area contributed by atoms with Gasteiger partial charge in [0.1, 0.15) is 0 Å². The average molecular weight is 227 g/mol. The number of nitrogens with two attached hydrogens (primary N) is 1. The second kappa shape index (κ2) is 6.20. The van der Waals surface area contributed by atoms with Crippen LogP contribution >= 0.6 is 11.3 Å². The van der Waals surface area contributed by atoms with Crippen LogP contribution in [0.1, 0.15) is 37.4 Å². The Morgan fingerprint density at radius 1 is 1.47 bits per heavy atom. The lowest BCUT2D eigenvalue weighted by molar-refractivity contribution is 0.335. The summed E-state index contributed by atoms with van der Waals surface area (Å²) in [7, 11) is 0. The van der Waals surface area contributed by atoms with E-state index >= 15 is 0 Å². The Balaban J connectivity index is 2.60. The molecule has 1 aromatic rings. The van der Waals surface area contributed by atoms with E-state index in [1.807, 2.05) is 6.92 Å². The van der Waals surface area contributed by atoms with E-state index in [2.05, 4.69) is 29.6 Å². The Bertz CT molecular complexity index is 281. The number of hydrogen-bond acceptors (Lipinski definition) is 4. The molecule has 0 fully saturated rings. The SMILES string of the molecule is CCC(CC)C(Cc1nc(C)cs1)NN. The molecular formula is C11H21N3S. The Hall–Kier alpha value is -0.450. The molecule has 0 aromatic carbocycles. The van der Waals surface area contributed by atoms with Crippen LogP contribution in [0.5, 0.6) is 0 Å². The maximum absolute atomic E-state index is 5.61. The fraction of sp³-hybridized carbons (Fsp3) is 0.727. The Morgan fingerprint density at radius 3 is 2.53 bits per heavy atom. The van der Waals surface area contributed by atoms with Gasteiger partial charge in [0.2, 0.25) is 0 Å². The van der Waals surface area contributed by atoms with Gasteiger partial charge >= 0.3 is 0 Å². The maximum atomic E-state index is 5.61. The summed E-state index contributed by atoms with van der Waals surface area (Å²) in [6.45, 7) is 6.46. The molecular weight excluding hydrogens is 206 g/mol. The summed E-state index contributed by atoms with van der Waals surface area (Å²) in [6, 6.07) is 0.352. The van der Waals surface area contributed by atoms with Crippen LogP contribution in [-0.4, -0.2) is 11.0 Å². The molecule has 1 heterocycles. The lowest BCUT2D eigenvalue weighted by Gasteiger charge is -2.23. The highest BCUT2D eigenvalue weighted by molar-refractivity contribution is 7.09. The van der Waals surface area contributed by atoms with Crippen molar-refractivity contribution in [2.75, 3.05) is 0 Å². The molecule has 1 unspecified atom stereocenters. The molecule has 0 aliphatic carbocycles. The van der Waals surface area contributed by atoms with Crippen LogP contribution in [0.2, 0.25) is 0 Å². The van der Waals surface area contributed by atoms with Crippen molar-refractivity contribution in [1.29, 1.82) is 0 Å². The number of aromatic nitrogens is 1. The smallest absolute Gasteiger partial charge is 0.0944 e. The highest BCUT2D eigenvalue weighted by Crippen LogP contribution is 2.18. The van der Waals surface area contributed by atoms with Gasteiger partial charge in [-0.25, -0.2) is 4.98 Å².